The summed E-state index contributed by atoms with van der Waals surface area (Å²) in [4.78, 5) is 12.8. The molecule has 0 amide bonds. The van der Waals surface area contributed by atoms with Crippen LogP contribution < -0.4 is 4.90 Å². The molecule has 29 heavy (non-hydrogen) atoms. The topological polar surface area (TPSA) is 69.0 Å². The van der Waals surface area contributed by atoms with Gasteiger partial charge >= 0.3 is 0 Å². The van der Waals surface area contributed by atoms with Crippen molar-refractivity contribution in [2.75, 3.05) is 25.1 Å². The van der Waals surface area contributed by atoms with Gasteiger partial charge in [-0.1, -0.05) is 11.3 Å². The van der Waals surface area contributed by atoms with E-state index in [0.29, 0.717) is 11.8 Å². The van der Waals surface area contributed by atoms with Crippen molar-refractivity contribution in [2.24, 2.45) is 11.8 Å². The zero-order valence-corrected chi connectivity index (χ0v) is 17.8. The molecule has 7 nitrogen and oxygen atoms in total. The van der Waals surface area contributed by atoms with Gasteiger partial charge in [-0.15, -0.1) is 16.4 Å². The number of anilines is 1. The molecule has 0 unspecified atom stereocenters. The van der Waals surface area contributed by atoms with Crippen LogP contribution in [0.25, 0.3) is 10.6 Å². The quantitative estimate of drug-likeness (QED) is 0.656. The Kier molecular flexibility index (Phi) is 4.83. The number of ether oxygens (including phenoxy) is 1. The number of fused-ring (bicyclic) bond motifs is 1. The van der Waals surface area contributed by atoms with Crippen LogP contribution in [-0.2, 0) is 4.74 Å². The first-order chi connectivity index (χ1) is 14.1. The van der Waals surface area contributed by atoms with E-state index in [4.69, 9.17) is 9.72 Å². The van der Waals surface area contributed by atoms with Crippen LogP contribution in [0.4, 0.5) is 5.82 Å². The average molecular weight is 411 g/mol. The predicted octanol–water partition coefficient (Wildman–Crippen LogP) is 3.52. The maximum atomic E-state index is 5.92. The van der Waals surface area contributed by atoms with E-state index in [9.17, 15) is 0 Å². The summed E-state index contributed by atoms with van der Waals surface area (Å²) in [6, 6.07) is 4.35. The lowest BCUT2D eigenvalue weighted by Gasteiger charge is -2.36. The van der Waals surface area contributed by atoms with Crippen LogP contribution in [0, 0.1) is 25.7 Å². The third-order valence-corrected chi connectivity index (χ3v) is 7.25. The Labute approximate surface area is 174 Å². The minimum Gasteiger partial charge on any atom is -0.379 e. The molecular weight excluding hydrogens is 384 g/mol. The summed E-state index contributed by atoms with van der Waals surface area (Å²) in [7, 11) is 1.82. The molecule has 8 heteroatoms. The first-order valence-electron chi connectivity index (χ1n) is 10.2. The van der Waals surface area contributed by atoms with Gasteiger partial charge in [-0.25, -0.2) is 9.67 Å². The monoisotopic (exact) mass is 410 g/mol. The lowest BCUT2D eigenvalue weighted by atomic mass is 9.77. The number of hydrogen-bond acceptors (Lipinski definition) is 7. The maximum Gasteiger partial charge on any atom is 0.150 e. The summed E-state index contributed by atoms with van der Waals surface area (Å²) in [6.45, 7) is 6.09. The molecule has 3 aromatic heterocycles. The summed E-state index contributed by atoms with van der Waals surface area (Å²) in [5.41, 5.74) is 2.92. The Morgan fingerprint density at radius 3 is 2.76 bits per heavy atom. The van der Waals surface area contributed by atoms with Crippen molar-refractivity contribution in [3.63, 3.8) is 0 Å². The Balaban J connectivity index is 1.37. The fraction of sp³-hybridized carbons (Fsp3) is 0.524. The van der Waals surface area contributed by atoms with Crippen LogP contribution in [-0.4, -0.2) is 51.3 Å². The number of aryl methyl sites for hydroxylation is 2. The van der Waals surface area contributed by atoms with Crippen molar-refractivity contribution in [1.82, 2.24) is 25.0 Å². The van der Waals surface area contributed by atoms with Gasteiger partial charge < -0.3 is 9.64 Å². The lowest BCUT2D eigenvalue weighted by molar-refractivity contribution is -0.00541. The molecule has 0 radical (unpaired) electrons. The smallest absolute Gasteiger partial charge is 0.150 e. The third-order valence-electron chi connectivity index (χ3n) is 6.36. The van der Waals surface area contributed by atoms with Crippen molar-refractivity contribution in [3.8, 4) is 10.6 Å². The second-order valence-electron chi connectivity index (χ2n) is 8.22. The highest BCUT2D eigenvalue weighted by atomic mass is 32.1. The fourth-order valence-corrected chi connectivity index (χ4v) is 5.57. The number of methoxy groups -OCH3 is 1. The molecule has 1 aliphatic heterocycles. The van der Waals surface area contributed by atoms with Gasteiger partial charge in [0.2, 0.25) is 0 Å². The number of nitrogens with zero attached hydrogens (tertiary/aromatic N) is 6. The normalized spacial score (nSPS) is 26.7. The molecule has 4 atom stereocenters. The number of aromatic nitrogens is 5. The van der Waals surface area contributed by atoms with Crippen LogP contribution in [0.15, 0.2) is 29.9 Å². The summed E-state index contributed by atoms with van der Waals surface area (Å²) >= 11 is 1.69. The van der Waals surface area contributed by atoms with E-state index in [-0.39, 0.29) is 12.1 Å². The predicted molar refractivity (Wildman–Crippen MR) is 113 cm³/mol. The van der Waals surface area contributed by atoms with Gasteiger partial charge in [0, 0.05) is 26.4 Å². The standard InChI is InChI=1S/C21H26N6OS/c1-13-9-22-14(2)21(23-13)26-10-15-7-18(19(28-3)8-16(15)11-26)27-12-17(24-25-27)20-5-4-6-29-20/h4-6,9,12,15-16,18-19H,7-8,10-11H2,1-3H3/t15-,16+,18-,19-/m1/s1. The molecule has 152 valence electrons. The van der Waals surface area contributed by atoms with Crippen LogP contribution >= 0.6 is 11.3 Å². The molecule has 3 aromatic rings. The highest BCUT2D eigenvalue weighted by Gasteiger charge is 2.44. The van der Waals surface area contributed by atoms with Gasteiger partial charge in [-0.3, -0.25) is 4.98 Å². The molecule has 1 aliphatic carbocycles. The van der Waals surface area contributed by atoms with Crippen LogP contribution in [0.2, 0.25) is 0 Å². The Morgan fingerprint density at radius 1 is 1.17 bits per heavy atom. The van der Waals surface area contributed by atoms with Gasteiger partial charge in [-0.2, -0.15) is 0 Å². The second kappa shape index (κ2) is 7.50. The van der Waals surface area contributed by atoms with Crippen molar-refractivity contribution >= 4 is 17.2 Å². The van der Waals surface area contributed by atoms with Crippen molar-refractivity contribution in [3.05, 3.63) is 41.3 Å². The van der Waals surface area contributed by atoms with E-state index in [1.165, 1.54) is 0 Å². The van der Waals surface area contributed by atoms with E-state index < -0.39 is 0 Å². The molecule has 5 rings (SSSR count). The summed E-state index contributed by atoms with van der Waals surface area (Å²) < 4.78 is 7.95. The van der Waals surface area contributed by atoms with E-state index in [1.807, 2.05) is 37.9 Å². The first kappa shape index (κ1) is 18.7. The molecule has 2 aliphatic rings. The molecule has 0 spiro atoms. The largest absolute Gasteiger partial charge is 0.379 e. The molecular formula is C21H26N6OS. The SMILES string of the molecule is CO[C@@H]1C[C@H]2CN(c3nc(C)cnc3C)C[C@H]2C[C@H]1n1cc(-c2cccs2)nn1. The van der Waals surface area contributed by atoms with E-state index >= 15 is 0 Å². The Hall–Kier alpha value is -2.32. The van der Waals surface area contributed by atoms with Gasteiger partial charge in [0.1, 0.15) is 11.5 Å². The van der Waals surface area contributed by atoms with Crippen LogP contribution in [0.3, 0.4) is 0 Å². The number of hydrogen-bond donors (Lipinski definition) is 0. The third kappa shape index (κ3) is 3.44. The highest BCUT2D eigenvalue weighted by Crippen LogP contribution is 2.43. The van der Waals surface area contributed by atoms with Gasteiger partial charge in [0.25, 0.3) is 0 Å². The van der Waals surface area contributed by atoms with Crippen molar-refractivity contribution in [1.29, 1.82) is 0 Å². The zero-order chi connectivity index (χ0) is 20.0. The van der Waals surface area contributed by atoms with E-state index in [2.05, 4.69) is 37.8 Å². The molecule has 0 N–H and O–H groups in total. The average Bonchev–Trinajstić information content (AvgIpc) is 3.47. The lowest BCUT2D eigenvalue weighted by Crippen LogP contribution is -2.37. The van der Waals surface area contributed by atoms with E-state index in [0.717, 1.165) is 53.7 Å². The maximum absolute atomic E-state index is 5.92. The highest BCUT2D eigenvalue weighted by molar-refractivity contribution is 7.13. The summed E-state index contributed by atoms with van der Waals surface area (Å²) in [5.74, 6) is 2.24. The van der Waals surface area contributed by atoms with Gasteiger partial charge in [-0.05, 0) is 50.0 Å². The van der Waals surface area contributed by atoms with Crippen LogP contribution in [0.5, 0.6) is 0 Å². The number of rotatable bonds is 4. The van der Waals surface area contributed by atoms with Crippen molar-refractivity contribution in [2.45, 2.75) is 38.8 Å². The van der Waals surface area contributed by atoms with E-state index in [1.54, 1.807) is 11.3 Å². The zero-order valence-electron chi connectivity index (χ0n) is 17.0. The molecule has 1 saturated carbocycles. The van der Waals surface area contributed by atoms with Gasteiger partial charge in [0.15, 0.2) is 0 Å². The molecule has 0 bridgehead atoms. The summed E-state index contributed by atoms with van der Waals surface area (Å²) in [6.07, 6.45) is 6.15. The molecule has 4 heterocycles. The molecule has 2 fully saturated rings. The fourth-order valence-electron chi connectivity index (χ4n) is 4.90. The molecule has 1 saturated heterocycles. The van der Waals surface area contributed by atoms with Gasteiger partial charge in [0.05, 0.1) is 34.6 Å². The van der Waals surface area contributed by atoms with Crippen LogP contribution in [0.1, 0.15) is 30.3 Å². The Bertz CT molecular complexity index is 987. The molecule has 0 aromatic carbocycles. The minimum absolute atomic E-state index is 0.152. The second-order valence-corrected chi connectivity index (χ2v) is 9.17. The minimum atomic E-state index is 0.152. The Morgan fingerprint density at radius 2 is 2.00 bits per heavy atom. The number of thiophene rings is 1. The summed E-state index contributed by atoms with van der Waals surface area (Å²) in [5, 5.41) is 10.9. The van der Waals surface area contributed by atoms with Crippen molar-refractivity contribution < 1.29 is 4.74 Å². The first-order valence-corrected chi connectivity index (χ1v) is 11.0.